The number of hydrogen-bond acceptors (Lipinski definition) is 16. The van der Waals surface area contributed by atoms with Crippen molar-refractivity contribution in [2.45, 2.75) is 99.7 Å². The second-order valence-corrected chi connectivity index (χ2v) is 11.9. The predicted molar refractivity (Wildman–Crippen MR) is 146 cm³/mol. The largest absolute Gasteiger partial charge is 0.493 e. The Labute approximate surface area is 257 Å². The minimum Gasteiger partial charge on any atom is -0.493 e. The van der Waals surface area contributed by atoms with Gasteiger partial charge in [0.1, 0.15) is 48.8 Å². The fourth-order valence-corrected chi connectivity index (χ4v) is 6.22. The molecule has 3 fully saturated rings. The first-order chi connectivity index (χ1) is 21.3. The Hall–Kier alpha value is -2.61. The summed E-state index contributed by atoms with van der Waals surface area (Å²) in [7, 11) is 1.33. The van der Waals surface area contributed by atoms with Crippen LogP contribution in [0.15, 0.2) is 30.5 Å². The first kappa shape index (κ1) is 33.7. The zero-order valence-electron chi connectivity index (χ0n) is 24.7. The summed E-state index contributed by atoms with van der Waals surface area (Å²) in [5.41, 5.74) is -1.42. The van der Waals surface area contributed by atoms with E-state index >= 15 is 0 Å². The summed E-state index contributed by atoms with van der Waals surface area (Å²) >= 11 is 0. The number of carbonyl (C=O) groups excluding carboxylic acids is 1. The van der Waals surface area contributed by atoms with Gasteiger partial charge in [0.15, 0.2) is 17.8 Å². The third-order valence-electron chi connectivity index (χ3n) is 8.81. The van der Waals surface area contributed by atoms with Gasteiger partial charge in [-0.3, -0.25) is 0 Å². The van der Waals surface area contributed by atoms with Crippen LogP contribution in [-0.2, 0) is 23.7 Å². The van der Waals surface area contributed by atoms with E-state index < -0.39 is 104 Å². The molecule has 45 heavy (non-hydrogen) atoms. The SMILES string of the molecule is COc1cc(C(=O)OC2C[C@](C)(O)[C@H]3[C@H](O[C@@H]4O[C@H](CO)[C@@H](O)[C@H](O)[C@H]4O)OC=C[C@@H]23)ccc1O[C@@H]1O[C@@H](C)[C@H](O)[C@@H](O)[C@H]1O. The second-order valence-electron chi connectivity index (χ2n) is 11.9. The lowest BCUT2D eigenvalue weighted by Gasteiger charge is -2.43. The van der Waals surface area contributed by atoms with E-state index in [1.54, 1.807) is 6.08 Å². The highest BCUT2D eigenvalue weighted by molar-refractivity contribution is 5.90. The van der Waals surface area contributed by atoms with Crippen LogP contribution in [0.5, 0.6) is 11.5 Å². The topological polar surface area (TPSA) is 244 Å². The van der Waals surface area contributed by atoms with Crippen molar-refractivity contribution < 1.29 is 78.8 Å². The van der Waals surface area contributed by atoms with E-state index in [4.69, 9.17) is 33.2 Å². The lowest BCUT2D eigenvalue weighted by molar-refractivity contribution is -0.346. The molecule has 1 saturated carbocycles. The maximum absolute atomic E-state index is 13.3. The Morgan fingerprint density at radius 3 is 2.31 bits per heavy atom. The van der Waals surface area contributed by atoms with Gasteiger partial charge in [0.2, 0.25) is 12.6 Å². The van der Waals surface area contributed by atoms with Crippen molar-refractivity contribution in [3.63, 3.8) is 0 Å². The number of hydrogen-bond donors (Lipinski definition) is 8. The molecular formula is C29H40O16. The molecule has 8 N–H and O–H groups in total. The first-order valence-electron chi connectivity index (χ1n) is 14.5. The molecule has 252 valence electrons. The van der Waals surface area contributed by atoms with E-state index in [9.17, 15) is 45.6 Å². The molecule has 0 amide bonds. The number of esters is 1. The Kier molecular flexibility index (Phi) is 9.93. The number of rotatable bonds is 8. The molecule has 0 radical (unpaired) electrons. The van der Waals surface area contributed by atoms with E-state index in [2.05, 4.69) is 0 Å². The average molecular weight is 645 g/mol. The van der Waals surface area contributed by atoms with Gasteiger partial charge in [-0.05, 0) is 38.1 Å². The van der Waals surface area contributed by atoms with Crippen molar-refractivity contribution in [2.24, 2.45) is 11.8 Å². The predicted octanol–water partition coefficient (Wildman–Crippen LogP) is -2.50. The van der Waals surface area contributed by atoms with Gasteiger partial charge in [-0.15, -0.1) is 0 Å². The number of fused-ring (bicyclic) bond motifs is 1. The molecule has 3 aliphatic heterocycles. The smallest absolute Gasteiger partial charge is 0.338 e. The maximum atomic E-state index is 13.3. The molecule has 4 aliphatic rings. The standard InChI is InChI=1S/C29H40O16/c1-11-19(31)21(33)23(35)27(41-11)43-14-5-4-12(8-15(14)39-3)25(37)42-16-9-29(2,38)18-13(16)6-7-40-26(18)45-28-24(36)22(34)20(32)17(10-30)44-28/h4-8,11,13,16-24,26-28,30-36,38H,9-10H2,1-3H3/t11-,13-,16?,17+,18+,19-,20+,21+,22-,23+,24+,26-,27-,28-,29-/m0/s1. The Morgan fingerprint density at radius 2 is 1.62 bits per heavy atom. The van der Waals surface area contributed by atoms with Gasteiger partial charge in [0.25, 0.3) is 0 Å². The number of carbonyl (C=O) groups is 1. The van der Waals surface area contributed by atoms with Crippen LogP contribution in [0.2, 0.25) is 0 Å². The first-order valence-corrected chi connectivity index (χ1v) is 14.5. The van der Waals surface area contributed by atoms with E-state index in [-0.39, 0.29) is 23.5 Å². The normalized spacial score (nSPS) is 44.5. The number of aliphatic hydroxyl groups is 8. The molecule has 1 aromatic rings. The van der Waals surface area contributed by atoms with Gasteiger partial charge >= 0.3 is 5.97 Å². The summed E-state index contributed by atoms with van der Waals surface area (Å²) < 4.78 is 39.1. The van der Waals surface area contributed by atoms with Gasteiger partial charge in [-0.25, -0.2) is 4.79 Å². The van der Waals surface area contributed by atoms with Crippen LogP contribution in [0.4, 0.5) is 0 Å². The van der Waals surface area contributed by atoms with Gasteiger partial charge in [-0.2, -0.15) is 0 Å². The molecule has 1 aliphatic carbocycles. The van der Waals surface area contributed by atoms with Gasteiger partial charge < -0.3 is 74.0 Å². The third-order valence-corrected chi connectivity index (χ3v) is 8.81. The number of methoxy groups -OCH3 is 1. The van der Waals surface area contributed by atoms with Crippen LogP contribution in [-0.4, -0.2) is 140 Å². The molecule has 1 aromatic carbocycles. The zero-order valence-corrected chi connectivity index (χ0v) is 24.7. The molecule has 0 bridgehead atoms. The van der Waals surface area contributed by atoms with E-state index in [1.165, 1.54) is 45.4 Å². The van der Waals surface area contributed by atoms with Crippen molar-refractivity contribution in [1.82, 2.24) is 0 Å². The van der Waals surface area contributed by atoms with Crippen LogP contribution >= 0.6 is 0 Å². The maximum Gasteiger partial charge on any atom is 0.338 e. The van der Waals surface area contributed by atoms with Crippen molar-refractivity contribution in [2.75, 3.05) is 13.7 Å². The van der Waals surface area contributed by atoms with E-state index in [1.807, 2.05) is 0 Å². The van der Waals surface area contributed by atoms with Crippen LogP contribution in [0, 0.1) is 11.8 Å². The fraction of sp³-hybridized carbons (Fsp3) is 0.690. The lowest BCUT2D eigenvalue weighted by Crippen LogP contribution is -2.60. The number of aliphatic hydroxyl groups excluding tert-OH is 7. The lowest BCUT2D eigenvalue weighted by atomic mass is 9.85. The van der Waals surface area contributed by atoms with Crippen molar-refractivity contribution in [1.29, 1.82) is 0 Å². The molecule has 16 heteroatoms. The second kappa shape index (κ2) is 13.2. The molecule has 0 aromatic heterocycles. The van der Waals surface area contributed by atoms with Gasteiger partial charge in [-0.1, -0.05) is 0 Å². The molecule has 3 heterocycles. The monoisotopic (exact) mass is 644 g/mol. The highest BCUT2D eigenvalue weighted by Gasteiger charge is 2.58. The fourth-order valence-electron chi connectivity index (χ4n) is 6.22. The molecule has 16 nitrogen and oxygen atoms in total. The number of benzene rings is 1. The summed E-state index contributed by atoms with van der Waals surface area (Å²) in [6.07, 6.45) is -13.4. The summed E-state index contributed by atoms with van der Waals surface area (Å²) in [6.45, 7) is 2.37. The molecule has 1 unspecified atom stereocenters. The summed E-state index contributed by atoms with van der Waals surface area (Å²) in [4.78, 5) is 13.3. The Bertz CT molecular complexity index is 1220. The van der Waals surface area contributed by atoms with Gasteiger partial charge in [0, 0.05) is 12.3 Å². The number of ether oxygens (including phenoxy) is 7. The summed E-state index contributed by atoms with van der Waals surface area (Å²) in [5, 5.41) is 81.7. The highest BCUT2D eigenvalue weighted by atomic mass is 16.8. The summed E-state index contributed by atoms with van der Waals surface area (Å²) in [5.74, 6) is -2.02. The molecule has 0 spiro atoms. The molecule has 2 saturated heterocycles. The zero-order chi connectivity index (χ0) is 32.8. The van der Waals surface area contributed by atoms with Crippen molar-refractivity contribution in [3.05, 3.63) is 36.1 Å². The minimum absolute atomic E-state index is 0.0160. The van der Waals surface area contributed by atoms with Crippen LogP contribution in [0.25, 0.3) is 0 Å². The molecular weight excluding hydrogens is 604 g/mol. The highest BCUT2D eigenvalue weighted by Crippen LogP contribution is 2.48. The quantitative estimate of drug-likeness (QED) is 0.136. The third kappa shape index (κ3) is 6.50. The van der Waals surface area contributed by atoms with Gasteiger partial charge in [0.05, 0.1) is 43.2 Å². The van der Waals surface area contributed by atoms with Crippen LogP contribution in [0.3, 0.4) is 0 Å². The average Bonchev–Trinajstić information content (AvgIpc) is 3.28. The van der Waals surface area contributed by atoms with Crippen molar-refractivity contribution >= 4 is 5.97 Å². The van der Waals surface area contributed by atoms with E-state index in [0.717, 1.165) is 0 Å². The summed E-state index contributed by atoms with van der Waals surface area (Å²) in [6, 6.07) is 4.12. The molecule has 15 atom stereocenters. The van der Waals surface area contributed by atoms with Crippen molar-refractivity contribution in [3.8, 4) is 11.5 Å². The Balaban J connectivity index is 1.27. The van der Waals surface area contributed by atoms with E-state index in [0.29, 0.717) is 0 Å². The molecule has 5 rings (SSSR count). The minimum atomic E-state index is -1.69. The van der Waals surface area contributed by atoms with Crippen LogP contribution < -0.4 is 9.47 Å². The Morgan fingerprint density at radius 1 is 0.933 bits per heavy atom. The van der Waals surface area contributed by atoms with Crippen LogP contribution in [0.1, 0.15) is 30.6 Å².